The van der Waals surface area contributed by atoms with Crippen LogP contribution in [0, 0.1) is 0 Å². The molecular weight excluding hydrogens is 408 g/mol. The summed E-state index contributed by atoms with van der Waals surface area (Å²) in [5.41, 5.74) is 1.34. The van der Waals surface area contributed by atoms with Crippen LogP contribution in [0.15, 0.2) is 42.9 Å². The van der Waals surface area contributed by atoms with Crippen LogP contribution in [0.25, 0.3) is 0 Å². The number of carbonyl (C=O) groups is 2. The van der Waals surface area contributed by atoms with E-state index in [4.69, 9.17) is 9.47 Å². The van der Waals surface area contributed by atoms with E-state index in [2.05, 4.69) is 14.9 Å². The Morgan fingerprint density at radius 1 is 1.09 bits per heavy atom. The first kappa shape index (κ1) is 23.5. The van der Waals surface area contributed by atoms with Crippen molar-refractivity contribution in [2.75, 3.05) is 31.1 Å². The van der Waals surface area contributed by atoms with Gasteiger partial charge in [-0.15, -0.1) is 0 Å². The summed E-state index contributed by atoms with van der Waals surface area (Å²) in [5.74, 6) is 0.441. The van der Waals surface area contributed by atoms with Crippen molar-refractivity contribution in [2.45, 2.75) is 52.2 Å². The van der Waals surface area contributed by atoms with Gasteiger partial charge < -0.3 is 19.3 Å². The quantitative estimate of drug-likeness (QED) is 0.632. The van der Waals surface area contributed by atoms with E-state index in [1.807, 2.05) is 58.0 Å². The molecule has 1 atom stereocenters. The first-order valence-electron chi connectivity index (χ1n) is 11.0. The van der Waals surface area contributed by atoms with Gasteiger partial charge in [0.15, 0.2) is 0 Å². The maximum atomic E-state index is 12.4. The van der Waals surface area contributed by atoms with Crippen molar-refractivity contribution in [2.24, 2.45) is 0 Å². The predicted octanol–water partition coefficient (Wildman–Crippen LogP) is 3.77. The zero-order valence-corrected chi connectivity index (χ0v) is 19.3. The zero-order valence-electron chi connectivity index (χ0n) is 19.3. The van der Waals surface area contributed by atoms with Gasteiger partial charge in [0.1, 0.15) is 24.4 Å². The lowest BCUT2D eigenvalue weighted by atomic mass is 9.99. The van der Waals surface area contributed by atoms with Crippen LogP contribution in [0.2, 0.25) is 0 Å². The first-order valence-corrected chi connectivity index (χ1v) is 11.0. The number of benzene rings is 1. The molecule has 172 valence electrons. The van der Waals surface area contributed by atoms with Crippen molar-refractivity contribution in [1.29, 1.82) is 0 Å². The van der Waals surface area contributed by atoms with Gasteiger partial charge in [0, 0.05) is 37.9 Å². The molecule has 0 aliphatic carbocycles. The molecule has 1 aromatic carbocycles. The minimum absolute atomic E-state index is 0.0987. The molecule has 1 fully saturated rings. The lowest BCUT2D eigenvalue weighted by Gasteiger charge is -2.37. The molecule has 0 N–H and O–H groups in total. The number of piperazine rings is 1. The minimum Gasteiger partial charge on any atom is -0.461 e. The third kappa shape index (κ3) is 6.67. The Bertz CT molecular complexity index is 906. The highest BCUT2D eigenvalue weighted by molar-refractivity contribution is 5.71. The molecule has 3 rings (SSSR count). The van der Waals surface area contributed by atoms with Crippen molar-refractivity contribution in [3.63, 3.8) is 0 Å². The normalized spacial score (nSPS) is 15.2. The zero-order chi connectivity index (χ0) is 23.1. The van der Waals surface area contributed by atoms with Gasteiger partial charge in [0.05, 0.1) is 6.42 Å². The molecular formula is C24H32N4O4. The summed E-state index contributed by atoms with van der Waals surface area (Å²) < 4.78 is 10.9. The topological polar surface area (TPSA) is 84.9 Å². The number of nitrogens with zero attached hydrogens (tertiary/aromatic N) is 4. The second-order valence-corrected chi connectivity index (χ2v) is 9.01. The molecule has 2 heterocycles. The second-order valence-electron chi connectivity index (χ2n) is 9.01. The number of carbonyl (C=O) groups excluding carboxylic acids is 2. The smallest absolute Gasteiger partial charge is 0.410 e. The number of esters is 1. The van der Waals surface area contributed by atoms with Crippen LogP contribution < -0.4 is 4.90 Å². The Morgan fingerprint density at radius 3 is 2.44 bits per heavy atom. The lowest BCUT2D eigenvalue weighted by molar-refractivity contribution is -0.145. The highest BCUT2D eigenvalue weighted by Gasteiger charge is 2.28. The number of amides is 1. The third-order valence-corrected chi connectivity index (χ3v) is 5.20. The number of anilines is 1. The fourth-order valence-corrected chi connectivity index (χ4v) is 3.53. The van der Waals surface area contributed by atoms with Gasteiger partial charge in [-0.25, -0.2) is 14.8 Å². The molecule has 0 radical (unpaired) electrons. The maximum absolute atomic E-state index is 12.4. The van der Waals surface area contributed by atoms with E-state index < -0.39 is 5.60 Å². The first-order chi connectivity index (χ1) is 15.2. The van der Waals surface area contributed by atoms with Crippen molar-refractivity contribution in [3.8, 4) is 0 Å². The Morgan fingerprint density at radius 2 is 1.78 bits per heavy atom. The van der Waals surface area contributed by atoms with E-state index in [-0.39, 0.29) is 31.0 Å². The second kappa shape index (κ2) is 10.4. The van der Waals surface area contributed by atoms with Gasteiger partial charge in [-0.05, 0) is 32.3 Å². The molecule has 8 nitrogen and oxygen atoms in total. The molecule has 1 aliphatic rings. The Hall–Kier alpha value is -3.16. The number of rotatable bonds is 6. The summed E-state index contributed by atoms with van der Waals surface area (Å²) in [6.45, 7) is 10.2. The summed E-state index contributed by atoms with van der Waals surface area (Å²) in [5, 5.41) is 0. The molecule has 1 unspecified atom stereocenters. The average Bonchev–Trinajstić information content (AvgIpc) is 2.77. The maximum Gasteiger partial charge on any atom is 0.410 e. The number of hydrogen-bond acceptors (Lipinski definition) is 7. The van der Waals surface area contributed by atoms with Gasteiger partial charge in [-0.2, -0.15) is 0 Å². The molecule has 0 spiro atoms. The van der Waals surface area contributed by atoms with Crippen LogP contribution in [0.1, 0.15) is 51.2 Å². The highest BCUT2D eigenvalue weighted by atomic mass is 16.6. The number of ether oxygens (including phenoxy) is 2. The molecule has 0 bridgehead atoms. The van der Waals surface area contributed by atoms with E-state index in [0.29, 0.717) is 26.2 Å². The van der Waals surface area contributed by atoms with Crippen LogP contribution in [0.3, 0.4) is 0 Å². The van der Waals surface area contributed by atoms with Gasteiger partial charge in [-0.1, -0.05) is 37.3 Å². The van der Waals surface area contributed by atoms with E-state index in [1.54, 1.807) is 11.1 Å². The molecule has 32 heavy (non-hydrogen) atoms. The summed E-state index contributed by atoms with van der Waals surface area (Å²) >= 11 is 0. The molecule has 8 heteroatoms. The van der Waals surface area contributed by atoms with Crippen LogP contribution in [0.5, 0.6) is 0 Å². The standard InChI is InChI=1S/C24H32N4O4/c1-18(14-21(29)31-16-19-8-6-5-7-9-19)20-15-25-17-26-22(20)27-10-12-28(13-11-27)23(30)32-24(2,3)4/h5-9,15,17-18H,10-14,16H2,1-4H3. The van der Waals surface area contributed by atoms with E-state index in [0.717, 1.165) is 16.9 Å². The van der Waals surface area contributed by atoms with Crippen molar-refractivity contribution < 1.29 is 19.1 Å². The average molecular weight is 441 g/mol. The summed E-state index contributed by atoms with van der Waals surface area (Å²) in [6, 6.07) is 9.62. The summed E-state index contributed by atoms with van der Waals surface area (Å²) in [6.07, 6.45) is 3.22. The molecule has 0 saturated carbocycles. The molecule has 2 aromatic rings. The van der Waals surface area contributed by atoms with Crippen LogP contribution in [0.4, 0.5) is 10.6 Å². The van der Waals surface area contributed by atoms with Crippen LogP contribution in [-0.2, 0) is 20.9 Å². The predicted molar refractivity (Wildman–Crippen MR) is 121 cm³/mol. The largest absolute Gasteiger partial charge is 0.461 e. The Kier molecular flexibility index (Phi) is 7.66. The lowest BCUT2D eigenvalue weighted by Crippen LogP contribution is -2.50. The van der Waals surface area contributed by atoms with E-state index >= 15 is 0 Å². The van der Waals surface area contributed by atoms with Crippen molar-refractivity contribution in [1.82, 2.24) is 14.9 Å². The fraction of sp³-hybridized carbons (Fsp3) is 0.500. The molecule has 1 amide bonds. The summed E-state index contributed by atoms with van der Waals surface area (Å²) in [7, 11) is 0. The monoisotopic (exact) mass is 440 g/mol. The van der Waals surface area contributed by atoms with Crippen molar-refractivity contribution >= 4 is 17.9 Å². The Balaban J connectivity index is 1.57. The van der Waals surface area contributed by atoms with Crippen molar-refractivity contribution in [3.05, 3.63) is 54.0 Å². The van der Waals surface area contributed by atoms with Gasteiger partial charge >= 0.3 is 12.1 Å². The van der Waals surface area contributed by atoms with E-state index in [9.17, 15) is 9.59 Å². The highest BCUT2D eigenvalue weighted by Crippen LogP contribution is 2.28. The van der Waals surface area contributed by atoms with Gasteiger partial charge in [0.2, 0.25) is 0 Å². The molecule has 1 saturated heterocycles. The Labute approximate surface area is 189 Å². The van der Waals surface area contributed by atoms with Gasteiger partial charge in [0.25, 0.3) is 0 Å². The third-order valence-electron chi connectivity index (χ3n) is 5.20. The minimum atomic E-state index is -0.515. The summed E-state index contributed by atoms with van der Waals surface area (Å²) in [4.78, 5) is 37.2. The molecule has 1 aromatic heterocycles. The fourth-order valence-electron chi connectivity index (χ4n) is 3.53. The van der Waals surface area contributed by atoms with Crippen LogP contribution >= 0.6 is 0 Å². The van der Waals surface area contributed by atoms with Crippen LogP contribution in [-0.4, -0.2) is 58.7 Å². The van der Waals surface area contributed by atoms with E-state index in [1.165, 1.54) is 6.33 Å². The SMILES string of the molecule is CC(CC(=O)OCc1ccccc1)c1cncnc1N1CCN(C(=O)OC(C)(C)C)CC1. The number of aromatic nitrogens is 2. The molecule has 1 aliphatic heterocycles. The number of hydrogen-bond donors (Lipinski definition) is 0. The van der Waals surface area contributed by atoms with Gasteiger partial charge in [-0.3, -0.25) is 4.79 Å².